The van der Waals surface area contributed by atoms with Crippen LogP contribution in [0.2, 0.25) is 0 Å². The first-order chi connectivity index (χ1) is 17.9. The van der Waals surface area contributed by atoms with E-state index in [2.05, 4.69) is 82.4 Å². The van der Waals surface area contributed by atoms with Crippen molar-refractivity contribution in [3.05, 3.63) is 65.5 Å². The molecule has 2 aliphatic rings. The van der Waals surface area contributed by atoms with Crippen LogP contribution in [-0.2, 0) is 11.3 Å². The third kappa shape index (κ3) is 6.39. The van der Waals surface area contributed by atoms with E-state index in [-0.39, 0.29) is 17.9 Å². The van der Waals surface area contributed by atoms with Gasteiger partial charge < -0.3 is 14.7 Å². The SMILES string of the molecule is Cc1cccc(-c2noc(CN3CCCC(C(=O)NC(C)c4ccc(N5CCCC(C)C5)cc4)C3)n2)c1. The first-order valence-electron chi connectivity index (χ1n) is 13.7. The van der Waals surface area contributed by atoms with Crippen molar-refractivity contribution in [2.45, 2.75) is 59.0 Å². The van der Waals surface area contributed by atoms with Crippen molar-refractivity contribution in [2.75, 3.05) is 31.1 Å². The molecular formula is C30H39N5O2. The molecule has 3 unspecified atom stereocenters. The van der Waals surface area contributed by atoms with E-state index in [1.165, 1.54) is 18.5 Å². The van der Waals surface area contributed by atoms with E-state index in [9.17, 15) is 4.79 Å². The van der Waals surface area contributed by atoms with Crippen LogP contribution in [0.15, 0.2) is 53.1 Å². The number of aromatic nitrogens is 2. The number of aryl methyl sites for hydroxylation is 1. The molecule has 37 heavy (non-hydrogen) atoms. The normalized spacial score (nSPS) is 21.5. The number of rotatable bonds is 7. The van der Waals surface area contributed by atoms with E-state index in [0.717, 1.165) is 55.1 Å². The van der Waals surface area contributed by atoms with Gasteiger partial charge >= 0.3 is 0 Å². The molecule has 7 nitrogen and oxygen atoms in total. The summed E-state index contributed by atoms with van der Waals surface area (Å²) >= 11 is 0. The molecule has 7 heteroatoms. The van der Waals surface area contributed by atoms with Crippen molar-refractivity contribution >= 4 is 11.6 Å². The largest absolute Gasteiger partial charge is 0.371 e. The Morgan fingerprint density at radius 3 is 2.70 bits per heavy atom. The molecule has 5 rings (SSSR count). The van der Waals surface area contributed by atoms with Gasteiger partial charge in [-0.3, -0.25) is 9.69 Å². The average Bonchev–Trinajstić information content (AvgIpc) is 3.37. The average molecular weight is 502 g/mol. The molecule has 196 valence electrons. The summed E-state index contributed by atoms with van der Waals surface area (Å²) in [5.74, 6) is 2.03. The Kier molecular flexibility index (Phi) is 7.89. The van der Waals surface area contributed by atoms with Crippen LogP contribution in [0.1, 0.15) is 62.6 Å². The molecule has 1 aromatic heterocycles. The number of nitrogens with one attached hydrogen (secondary N) is 1. The second-order valence-corrected chi connectivity index (χ2v) is 11.0. The van der Waals surface area contributed by atoms with Crippen LogP contribution in [0, 0.1) is 18.8 Å². The highest BCUT2D eigenvalue weighted by atomic mass is 16.5. The topological polar surface area (TPSA) is 74.5 Å². The Morgan fingerprint density at radius 1 is 1.11 bits per heavy atom. The molecule has 2 aromatic carbocycles. The van der Waals surface area contributed by atoms with Crippen LogP contribution >= 0.6 is 0 Å². The molecule has 3 aromatic rings. The molecule has 3 atom stereocenters. The van der Waals surface area contributed by atoms with Gasteiger partial charge in [0, 0.05) is 30.9 Å². The molecule has 0 spiro atoms. The Balaban J connectivity index is 1.14. The van der Waals surface area contributed by atoms with Gasteiger partial charge in [-0.25, -0.2) is 0 Å². The highest BCUT2D eigenvalue weighted by Crippen LogP contribution is 2.26. The molecule has 1 N–H and O–H groups in total. The fourth-order valence-electron chi connectivity index (χ4n) is 5.64. The van der Waals surface area contributed by atoms with Gasteiger partial charge in [-0.05, 0) is 75.8 Å². The van der Waals surface area contributed by atoms with Crippen LogP contribution in [0.25, 0.3) is 11.4 Å². The third-order valence-corrected chi connectivity index (χ3v) is 7.75. The van der Waals surface area contributed by atoms with Gasteiger partial charge in [-0.15, -0.1) is 0 Å². The van der Waals surface area contributed by atoms with E-state index in [1.54, 1.807) is 0 Å². The summed E-state index contributed by atoms with van der Waals surface area (Å²) < 4.78 is 5.53. The van der Waals surface area contributed by atoms with Gasteiger partial charge in [-0.2, -0.15) is 4.98 Å². The summed E-state index contributed by atoms with van der Waals surface area (Å²) in [4.78, 5) is 22.5. The molecule has 2 saturated heterocycles. The zero-order valence-electron chi connectivity index (χ0n) is 22.3. The molecule has 1 amide bonds. The molecule has 3 heterocycles. The van der Waals surface area contributed by atoms with Crippen LogP contribution in [0.5, 0.6) is 0 Å². The minimum Gasteiger partial charge on any atom is -0.371 e. The van der Waals surface area contributed by atoms with Crippen molar-refractivity contribution in [3.8, 4) is 11.4 Å². The standard InChI is InChI=1S/C30H39N5O2/c1-21-7-4-9-25(17-21)29-32-28(37-33-29)20-34-15-6-10-26(19-34)30(36)31-23(3)24-11-13-27(14-12-24)35-16-5-8-22(2)18-35/h4,7,9,11-14,17,22-23,26H,5-6,8,10,15-16,18-20H2,1-3H3,(H,31,36). The summed E-state index contributed by atoms with van der Waals surface area (Å²) in [5.41, 5.74) is 4.54. The zero-order chi connectivity index (χ0) is 25.8. The maximum atomic E-state index is 13.2. The number of benzene rings is 2. The van der Waals surface area contributed by atoms with E-state index in [0.29, 0.717) is 24.8 Å². The lowest BCUT2D eigenvalue weighted by Gasteiger charge is -2.33. The lowest BCUT2D eigenvalue weighted by molar-refractivity contribution is -0.127. The Hall–Kier alpha value is -3.19. The molecule has 0 aliphatic carbocycles. The minimum atomic E-state index is -0.0375. The number of carbonyl (C=O) groups is 1. The van der Waals surface area contributed by atoms with Gasteiger partial charge in [0.05, 0.1) is 18.5 Å². The summed E-state index contributed by atoms with van der Waals surface area (Å²) in [6.07, 6.45) is 4.46. The van der Waals surface area contributed by atoms with Gasteiger partial charge in [0.1, 0.15) is 0 Å². The monoisotopic (exact) mass is 501 g/mol. The number of nitrogens with zero attached hydrogens (tertiary/aromatic N) is 4. The first-order valence-corrected chi connectivity index (χ1v) is 13.7. The smallest absolute Gasteiger partial charge is 0.241 e. The number of likely N-dealkylation sites (tertiary alicyclic amines) is 1. The molecule has 0 saturated carbocycles. The van der Waals surface area contributed by atoms with Crippen LogP contribution in [-0.4, -0.2) is 47.1 Å². The van der Waals surface area contributed by atoms with Crippen molar-refractivity contribution < 1.29 is 9.32 Å². The Labute approximate surface area is 220 Å². The van der Waals surface area contributed by atoms with Gasteiger partial charge in [0.15, 0.2) is 0 Å². The first kappa shape index (κ1) is 25.5. The zero-order valence-corrected chi connectivity index (χ0v) is 22.3. The van der Waals surface area contributed by atoms with Crippen LogP contribution in [0.4, 0.5) is 5.69 Å². The summed E-state index contributed by atoms with van der Waals surface area (Å²) in [5, 5.41) is 7.42. The predicted octanol–water partition coefficient (Wildman–Crippen LogP) is 5.37. The number of anilines is 1. The highest BCUT2D eigenvalue weighted by molar-refractivity contribution is 5.79. The molecular weight excluding hydrogens is 462 g/mol. The lowest BCUT2D eigenvalue weighted by Crippen LogP contribution is -2.43. The second kappa shape index (κ2) is 11.5. The number of piperidine rings is 2. The molecule has 0 bridgehead atoms. The predicted molar refractivity (Wildman–Crippen MR) is 146 cm³/mol. The Morgan fingerprint density at radius 2 is 1.92 bits per heavy atom. The fraction of sp³-hybridized carbons (Fsp3) is 0.500. The second-order valence-electron chi connectivity index (χ2n) is 11.0. The van der Waals surface area contributed by atoms with E-state index >= 15 is 0 Å². The molecule has 2 fully saturated rings. The number of hydrogen-bond donors (Lipinski definition) is 1. The summed E-state index contributed by atoms with van der Waals surface area (Å²) in [7, 11) is 0. The van der Waals surface area contributed by atoms with Gasteiger partial charge in [0.25, 0.3) is 0 Å². The third-order valence-electron chi connectivity index (χ3n) is 7.75. The van der Waals surface area contributed by atoms with Crippen molar-refractivity contribution in [3.63, 3.8) is 0 Å². The Bertz CT molecular complexity index is 1190. The quantitative estimate of drug-likeness (QED) is 0.469. The lowest BCUT2D eigenvalue weighted by atomic mass is 9.96. The van der Waals surface area contributed by atoms with E-state index in [1.807, 2.05) is 12.1 Å². The summed E-state index contributed by atoms with van der Waals surface area (Å²) in [6.45, 7) is 10.9. The van der Waals surface area contributed by atoms with Crippen LogP contribution < -0.4 is 10.2 Å². The van der Waals surface area contributed by atoms with Gasteiger partial charge in [-0.1, -0.05) is 48.0 Å². The number of carbonyl (C=O) groups excluding carboxylic acids is 1. The van der Waals surface area contributed by atoms with Gasteiger partial charge in [0.2, 0.25) is 17.6 Å². The number of hydrogen-bond acceptors (Lipinski definition) is 6. The van der Waals surface area contributed by atoms with Crippen LogP contribution in [0.3, 0.4) is 0 Å². The highest BCUT2D eigenvalue weighted by Gasteiger charge is 2.28. The fourth-order valence-corrected chi connectivity index (χ4v) is 5.64. The maximum absolute atomic E-state index is 13.2. The van der Waals surface area contributed by atoms with Crippen molar-refractivity contribution in [1.29, 1.82) is 0 Å². The molecule has 0 radical (unpaired) electrons. The number of amides is 1. The summed E-state index contributed by atoms with van der Waals surface area (Å²) in [6, 6.07) is 16.8. The van der Waals surface area contributed by atoms with Crippen molar-refractivity contribution in [1.82, 2.24) is 20.4 Å². The maximum Gasteiger partial charge on any atom is 0.241 e. The molecule has 2 aliphatic heterocycles. The minimum absolute atomic E-state index is 0.0231. The van der Waals surface area contributed by atoms with Crippen molar-refractivity contribution in [2.24, 2.45) is 11.8 Å². The van der Waals surface area contributed by atoms with E-state index in [4.69, 9.17) is 4.52 Å². The van der Waals surface area contributed by atoms with E-state index < -0.39 is 0 Å².